The quantitative estimate of drug-likeness (QED) is 0.700. The van der Waals surface area contributed by atoms with Crippen molar-refractivity contribution in [3.8, 4) is 0 Å². The van der Waals surface area contributed by atoms with Gasteiger partial charge in [-0.25, -0.2) is 14.4 Å². The molecule has 0 radical (unpaired) electrons. The Morgan fingerprint density at radius 2 is 1.81 bits per heavy atom. The van der Waals surface area contributed by atoms with E-state index in [0.717, 1.165) is 58.0 Å². The number of aromatic nitrogens is 2. The molecule has 1 saturated heterocycles. The average Bonchev–Trinajstić information content (AvgIpc) is 3.32. The number of nitrogens with zero attached hydrogens (tertiary/aromatic N) is 3. The lowest BCUT2D eigenvalue weighted by Crippen LogP contribution is -2.25. The lowest BCUT2D eigenvalue weighted by atomic mass is 9.88. The maximum Gasteiger partial charge on any atom is 0.276 e. The molecule has 9 heteroatoms. The second kappa shape index (κ2) is 9.60. The fourth-order valence-corrected chi connectivity index (χ4v) is 4.25. The fraction of sp³-hybridized carbons (Fsp3) is 0.455. The van der Waals surface area contributed by atoms with Crippen LogP contribution in [0.25, 0.3) is 0 Å². The number of rotatable bonds is 5. The van der Waals surface area contributed by atoms with Crippen LogP contribution < -0.4 is 15.5 Å². The van der Waals surface area contributed by atoms with E-state index in [1.165, 1.54) is 24.4 Å². The predicted octanol–water partition coefficient (Wildman–Crippen LogP) is 4.64. The molecule has 164 valence electrons. The van der Waals surface area contributed by atoms with Gasteiger partial charge in [-0.2, -0.15) is 0 Å². The van der Waals surface area contributed by atoms with E-state index in [9.17, 15) is 14.0 Å². The summed E-state index contributed by atoms with van der Waals surface area (Å²) >= 11 is 6.15. The Labute approximate surface area is 185 Å². The van der Waals surface area contributed by atoms with Crippen LogP contribution in [0.15, 0.2) is 24.4 Å². The zero-order valence-electron chi connectivity index (χ0n) is 17.2. The first kappa shape index (κ1) is 21.5. The molecule has 4 rings (SSSR count). The van der Waals surface area contributed by atoms with Crippen molar-refractivity contribution in [3.05, 3.63) is 40.9 Å². The van der Waals surface area contributed by atoms with Crippen LogP contribution in [-0.4, -0.2) is 34.9 Å². The SMILES string of the molecule is O=C(Nc1ccc(F)c(NC(=O)C2CCCCC2)c1)c1nc(N2CCCC2)ncc1Cl. The summed E-state index contributed by atoms with van der Waals surface area (Å²) in [5.74, 6) is -0.902. The van der Waals surface area contributed by atoms with E-state index in [0.29, 0.717) is 11.6 Å². The molecule has 2 N–H and O–H groups in total. The van der Waals surface area contributed by atoms with E-state index in [1.54, 1.807) is 0 Å². The summed E-state index contributed by atoms with van der Waals surface area (Å²) < 4.78 is 14.3. The van der Waals surface area contributed by atoms with Crippen LogP contribution in [0.5, 0.6) is 0 Å². The Morgan fingerprint density at radius 1 is 1.06 bits per heavy atom. The van der Waals surface area contributed by atoms with Crippen LogP contribution >= 0.6 is 11.6 Å². The summed E-state index contributed by atoms with van der Waals surface area (Å²) in [4.78, 5) is 35.8. The molecule has 1 aromatic carbocycles. The van der Waals surface area contributed by atoms with Crippen LogP contribution in [0, 0.1) is 11.7 Å². The van der Waals surface area contributed by atoms with Crippen molar-refractivity contribution < 1.29 is 14.0 Å². The van der Waals surface area contributed by atoms with E-state index >= 15 is 0 Å². The van der Waals surface area contributed by atoms with Gasteiger partial charge < -0.3 is 15.5 Å². The summed E-state index contributed by atoms with van der Waals surface area (Å²) in [5, 5.41) is 5.49. The molecule has 0 atom stereocenters. The van der Waals surface area contributed by atoms with E-state index in [-0.39, 0.29) is 28.2 Å². The molecule has 31 heavy (non-hydrogen) atoms. The van der Waals surface area contributed by atoms with Crippen molar-refractivity contribution >= 4 is 40.7 Å². The van der Waals surface area contributed by atoms with Gasteiger partial charge in [0.2, 0.25) is 11.9 Å². The highest BCUT2D eigenvalue weighted by Gasteiger charge is 2.23. The van der Waals surface area contributed by atoms with Gasteiger partial charge in [0.15, 0.2) is 5.69 Å². The lowest BCUT2D eigenvalue weighted by Gasteiger charge is -2.21. The summed E-state index contributed by atoms with van der Waals surface area (Å²) in [5.41, 5.74) is 0.429. The van der Waals surface area contributed by atoms with Gasteiger partial charge in [0, 0.05) is 24.7 Å². The molecule has 1 saturated carbocycles. The van der Waals surface area contributed by atoms with Crippen molar-refractivity contribution in [1.82, 2.24) is 9.97 Å². The van der Waals surface area contributed by atoms with Gasteiger partial charge in [-0.05, 0) is 43.9 Å². The summed E-state index contributed by atoms with van der Waals surface area (Å²) in [6, 6.07) is 4.05. The molecule has 0 bridgehead atoms. The first-order chi connectivity index (χ1) is 15.0. The number of benzene rings is 1. The molecule has 2 fully saturated rings. The van der Waals surface area contributed by atoms with Crippen LogP contribution in [0.2, 0.25) is 5.02 Å². The highest BCUT2D eigenvalue weighted by Crippen LogP contribution is 2.27. The minimum atomic E-state index is -0.557. The molecule has 1 aromatic heterocycles. The molecular formula is C22H25ClFN5O2. The van der Waals surface area contributed by atoms with Crippen molar-refractivity contribution in [3.63, 3.8) is 0 Å². The minimum Gasteiger partial charge on any atom is -0.341 e. The molecule has 2 amide bonds. The topological polar surface area (TPSA) is 87.2 Å². The number of carbonyl (C=O) groups is 2. The largest absolute Gasteiger partial charge is 0.341 e. The van der Waals surface area contributed by atoms with Crippen LogP contribution in [0.3, 0.4) is 0 Å². The molecule has 0 spiro atoms. The Morgan fingerprint density at radius 3 is 2.55 bits per heavy atom. The van der Waals surface area contributed by atoms with Crippen LogP contribution in [0.1, 0.15) is 55.4 Å². The second-order valence-corrected chi connectivity index (χ2v) is 8.44. The molecule has 2 aromatic rings. The first-order valence-corrected chi connectivity index (χ1v) is 11.1. The zero-order valence-corrected chi connectivity index (χ0v) is 17.9. The third kappa shape index (κ3) is 5.12. The van der Waals surface area contributed by atoms with Gasteiger partial charge in [-0.3, -0.25) is 9.59 Å². The lowest BCUT2D eigenvalue weighted by molar-refractivity contribution is -0.120. The third-order valence-electron chi connectivity index (χ3n) is 5.79. The van der Waals surface area contributed by atoms with Gasteiger partial charge in [0.05, 0.1) is 16.9 Å². The van der Waals surface area contributed by atoms with Crippen molar-refractivity contribution in [2.45, 2.75) is 44.9 Å². The Kier molecular flexibility index (Phi) is 6.65. The number of hydrogen-bond donors (Lipinski definition) is 2. The molecule has 1 aliphatic heterocycles. The normalized spacial score (nSPS) is 16.9. The fourth-order valence-electron chi connectivity index (χ4n) is 4.08. The van der Waals surface area contributed by atoms with Gasteiger partial charge in [-0.1, -0.05) is 30.9 Å². The van der Waals surface area contributed by atoms with Crippen molar-refractivity contribution in [1.29, 1.82) is 0 Å². The number of nitrogens with one attached hydrogen (secondary N) is 2. The number of carbonyl (C=O) groups excluding carboxylic acids is 2. The van der Waals surface area contributed by atoms with Gasteiger partial charge >= 0.3 is 0 Å². The summed E-state index contributed by atoms with van der Waals surface area (Å²) in [6.07, 6.45) is 8.30. The molecule has 7 nitrogen and oxygen atoms in total. The smallest absolute Gasteiger partial charge is 0.276 e. The van der Waals surface area contributed by atoms with Crippen molar-refractivity contribution in [2.75, 3.05) is 28.6 Å². The first-order valence-electron chi connectivity index (χ1n) is 10.7. The van der Waals surface area contributed by atoms with Crippen LogP contribution in [0.4, 0.5) is 21.7 Å². The maximum atomic E-state index is 14.3. The van der Waals surface area contributed by atoms with E-state index in [2.05, 4.69) is 20.6 Å². The van der Waals surface area contributed by atoms with E-state index < -0.39 is 11.7 Å². The second-order valence-electron chi connectivity index (χ2n) is 8.03. The summed E-state index contributed by atoms with van der Waals surface area (Å²) in [7, 11) is 0. The standard InChI is InChI=1S/C22H25ClFN5O2/c23-16-13-25-22(29-10-4-5-11-29)28-19(16)21(31)26-15-8-9-17(24)18(12-15)27-20(30)14-6-2-1-3-7-14/h8-9,12-14H,1-7,10-11H2,(H,26,31)(H,27,30). The van der Waals surface area contributed by atoms with Crippen molar-refractivity contribution in [2.24, 2.45) is 5.92 Å². The molecule has 2 heterocycles. The average molecular weight is 446 g/mol. The Bertz CT molecular complexity index is 974. The van der Waals surface area contributed by atoms with Gasteiger partial charge in [-0.15, -0.1) is 0 Å². The summed E-state index contributed by atoms with van der Waals surface area (Å²) in [6.45, 7) is 1.68. The maximum absolute atomic E-state index is 14.3. The molecular weight excluding hydrogens is 421 g/mol. The van der Waals surface area contributed by atoms with E-state index in [1.807, 2.05) is 4.90 Å². The van der Waals surface area contributed by atoms with Gasteiger partial charge in [0.25, 0.3) is 5.91 Å². The molecule has 2 aliphatic rings. The molecule has 1 aliphatic carbocycles. The molecule has 0 unspecified atom stereocenters. The Hall–Kier alpha value is -2.74. The highest BCUT2D eigenvalue weighted by atomic mass is 35.5. The third-order valence-corrected chi connectivity index (χ3v) is 6.07. The van der Waals surface area contributed by atoms with Gasteiger partial charge in [0.1, 0.15) is 5.82 Å². The predicted molar refractivity (Wildman–Crippen MR) is 118 cm³/mol. The number of halogens is 2. The minimum absolute atomic E-state index is 0.0416. The number of anilines is 3. The number of hydrogen-bond acceptors (Lipinski definition) is 5. The number of amides is 2. The Balaban J connectivity index is 1.48. The highest BCUT2D eigenvalue weighted by molar-refractivity contribution is 6.34. The zero-order chi connectivity index (χ0) is 21.8. The monoisotopic (exact) mass is 445 g/mol. The van der Waals surface area contributed by atoms with E-state index in [4.69, 9.17) is 11.6 Å². The van der Waals surface area contributed by atoms with Crippen LogP contribution in [-0.2, 0) is 4.79 Å².